The lowest BCUT2D eigenvalue weighted by molar-refractivity contribution is -0.188. The number of urea groups is 1. The molecule has 3 atom stereocenters. The summed E-state index contributed by atoms with van der Waals surface area (Å²) in [5.41, 5.74) is 2.35. The Balaban J connectivity index is 1.25. The van der Waals surface area contributed by atoms with E-state index < -0.39 is 48.1 Å². The van der Waals surface area contributed by atoms with Crippen molar-refractivity contribution in [1.82, 2.24) is 30.2 Å². The van der Waals surface area contributed by atoms with Crippen LogP contribution in [-0.4, -0.2) is 75.6 Å². The van der Waals surface area contributed by atoms with Crippen LogP contribution >= 0.6 is 0 Å². The number of carbonyl (C=O) groups excluding carboxylic acids is 4. The smallest absolute Gasteiger partial charge is 0.358 e. The number of aldehydes is 1. The Labute approximate surface area is 255 Å². The van der Waals surface area contributed by atoms with E-state index in [2.05, 4.69) is 15.7 Å². The highest BCUT2D eigenvalue weighted by Crippen LogP contribution is 2.43. The van der Waals surface area contributed by atoms with Gasteiger partial charge in [0, 0.05) is 31.9 Å². The number of fused-ring (bicyclic) bond motifs is 3. The number of rotatable bonds is 7. The van der Waals surface area contributed by atoms with Gasteiger partial charge in [-0.3, -0.25) is 24.1 Å². The van der Waals surface area contributed by atoms with E-state index in [1.165, 1.54) is 29.9 Å². The van der Waals surface area contributed by atoms with Crippen molar-refractivity contribution in [2.75, 3.05) is 13.6 Å². The normalized spacial score (nSPS) is 22.2. The number of hydrogen-bond donors (Lipinski definition) is 2. The van der Waals surface area contributed by atoms with Crippen molar-refractivity contribution in [3.63, 3.8) is 0 Å². The molecule has 14 heteroatoms. The SMILES string of the molecule is CNC(=O)Cn1cc(-c2ccc3c(c2)CCC32NC(=O)N(C(C=O)CN3Cc4ccc(F)cc4CC[C@H]3C(F)(F)F)C2=O)cn1. The molecule has 2 aliphatic heterocycles. The number of hydrogen-bond acceptors (Lipinski definition) is 6. The highest BCUT2D eigenvalue weighted by atomic mass is 19.4. The standard InChI is InChI=1S/C31H30F4N6O4/c1-36-27(43)16-40-14-22(12-37-40)18-3-6-25-20(10-18)8-9-30(25)28(44)41(29(45)38-30)24(17-42)15-39-13-21-2-5-23(32)11-19(21)4-7-26(39)31(33,34)35/h2-3,5-6,10-12,14,17,24,26H,4,7-9,13,15-16H2,1H3,(H,36,43)(H,38,45)/t24?,26-,30?/m0/s1. The molecule has 1 spiro atoms. The van der Waals surface area contributed by atoms with Gasteiger partial charge in [-0.1, -0.05) is 24.3 Å². The minimum Gasteiger partial charge on any atom is -0.358 e. The van der Waals surface area contributed by atoms with E-state index in [1.54, 1.807) is 24.5 Å². The molecule has 2 aromatic carbocycles. The Kier molecular flexibility index (Phi) is 7.71. The molecule has 0 bridgehead atoms. The summed E-state index contributed by atoms with van der Waals surface area (Å²) in [7, 11) is 1.53. The van der Waals surface area contributed by atoms with Gasteiger partial charge in [0.1, 0.15) is 36.3 Å². The van der Waals surface area contributed by atoms with E-state index in [4.69, 9.17) is 0 Å². The minimum absolute atomic E-state index is 0.0145. The van der Waals surface area contributed by atoms with Crippen molar-refractivity contribution < 1.29 is 36.7 Å². The van der Waals surface area contributed by atoms with Crippen LogP contribution in [0.15, 0.2) is 48.8 Å². The van der Waals surface area contributed by atoms with E-state index in [0.717, 1.165) is 26.5 Å². The Bertz CT molecular complexity index is 1690. The van der Waals surface area contributed by atoms with Crippen LogP contribution in [0.25, 0.3) is 11.1 Å². The molecule has 1 aromatic heterocycles. The molecule has 6 rings (SSSR count). The fourth-order valence-corrected chi connectivity index (χ4v) is 6.70. The molecule has 0 radical (unpaired) electrons. The highest BCUT2D eigenvalue weighted by Gasteiger charge is 2.57. The molecule has 0 saturated carbocycles. The van der Waals surface area contributed by atoms with Crippen molar-refractivity contribution in [3.05, 3.63) is 76.9 Å². The molecule has 2 N–H and O–H groups in total. The molecule has 236 valence electrons. The number of nitrogens with one attached hydrogen (secondary N) is 2. The molecule has 4 amide bonds. The number of carbonyl (C=O) groups is 4. The summed E-state index contributed by atoms with van der Waals surface area (Å²) in [6.07, 6.45) is -0.745. The lowest BCUT2D eigenvalue weighted by Gasteiger charge is -2.35. The van der Waals surface area contributed by atoms with E-state index in [1.807, 2.05) is 6.07 Å². The molecule has 3 heterocycles. The molecule has 3 aliphatic rings. The van der Waals surface area contributed by atoms with Gasteiger partial charge in [-0.25, -0.2) is 9.18 Å². The van der Waals surface area contributed by atoms with Crippen LogP contribution in [-0.2, 0) is 45.9 Å². The lowest BCUT2D eigenvalue weighted by atomic mass is 9.90. The fraction of sp³-hybridized carbons (Fsp3) is 0.387. The summed E-state index contributed by atoms with van der Waals surface area (Å²) < 4.78 is 57.9. The number of aryl methyl sites for hydroxylation is 2. The summed E-state index contributed by atoms with van der Waals surface area (Å²) in [6, 6.07) is 4.85. The van der Waals surface area contributed by atoms with Crippen molar-refractivity contribution in [1.29, 1.82) is 0 Å². The van der Waals surface area contributed by atoms with Crippen LogP contribution in [0.4, 0.5) is 22.4 Å². The predicted octanol–water partition coefficient (Wildman–Crippen LogP) is 3.08. The van der Waals surface area contributed by atoms with Gasteiger partial charge in [0.15, 0.2) is 0 Å². The topological polar surface area (TPSA) is 117 Å². The van der Waals surface area contributed by atoms with Gasteiger partial charge in [-0.15, -0.1) is 0 Å². The Hall–Kier alpha value is -4.59. The predicted molar refractivity (Wildman–Crippen MR) is 152 cm³/mol. The second-order valence-electron chi connectivity index (χ2n) is 11.6. The zero-order chi connectivity index (χ0) is 32.1. The first-order chi connectivity index (χ1) is 21.4. The Morgan fingerprint density at radius 2 is 1.93 bits per heavy atom. The van der Waals surface area contributed by atoms with Gasteiger partial charge < -0.3 is 15.4 Å². The van der Waals surface area contributed by atoms with E-state index in [-0.39, 0.29) is 38.3 Å². The fourth-order valence-electron chi connectivity index (χ4n) is 6.70. The average molecular weight is 627 g/mol. The maximum Gasteiger partial charge on any atom is 0.404 e. The average Bonchev–Trinajstić information content (AvgIpc) is 3.64. The molecule has 2 unspecified atom stereocenters. The maximum atomic E-state index is 14.2. The van der Waals surface area contributed by atoms with Gasteiger partial charge in [0.25, 0.3) is 5.91 Å². The third-order valence-corrected chi connectivity index (χ3v) is 8.97. The lowest BCUT2D eigenvalue weighted by Crippen LogP contribution is -2.53. The minimum atomic E-state index is -4.66. The van der Waals surface area contributed by atoms with Gasteiger partial charge in [0.05, 0.1) is 6.20 Å². The van der Waals surface area contributed by atoms with E-state index >= 15 is 0 Å². The number of imide groups is 1. The quantitative estimate of drug-likeness (QED) is 0.237. The van der Waals surface area contributed by atoms with Gasteiger partial charge in [-0.2, -0.15) is 18.3 Å². The largest absolute Gasteiger partial charge is 0.404 e. The van der Waals surface area contributed by atoms with Crippen molar-refractivity contribution in [2.24, 2.45) is 0 Å². The number of halogens is 4. The highest BCUT2D eigenvalue weighted by molar-refractivity contribution is 6.09. The van der Waals surface area contributed by atoms with Crippen LogP contribution in [0.3, 0.4) is 0 Å². The van der Waals surface area contributed by atoms with Crippen molar-refractivity contribution >= 4 is 24.1 Å². The summed E-state index contributed by atoms with van der Waals surface area (Å²) in [6.45, 7) is -0.721. The van der Waals surface area contributed by atoms with Crippen molar-refractivity contribution in [2.45, 2.75) is 62.6 Å². The third kappa shape index (κ3) is 5.47. The van der Waals surface area contributed by atoms with Crippen molar-refractivity contribution in [3.8, 4) is 11.1 Å². The number of benzene rings is 2. The van der Waals surface area contributed by atoms with Crippen LogP contribution in [0.5, 0.6) is 0 Å². The number of amides is 4. The number of likely N-dealkylation sites (N-methyl/N-ethyl adjacent to an activating group) is 1. The molecule has 3 aromatic rings. The van der Waals surface area contributed by atoms with E-state index in [9.17, 15) is 36.7 Å². The Morgan fingerprint density at radius 1 is 1.13 bits per heavy atom. The summed E-state index contributed by atoms with van der Waals surface area (Å²) in [5, 5.41) is 9.48. The molecule has 1 saturated heterocycles. The number of alkyl halides is 3. The first-order valence-electron chi connectivity index (χ1n) is 14.5. The maximum absolute atomic E-state index is 14.2. The Morgan fingerprint density at radius 3 is 2.67 bits per heavy atom. The molecular formula is C31H30F4N6O4. The summed E-state index contributed by atoms with van der Waals surface area (Å²) >= 11 is 0. The first-order valence-corrected chi connectivity index (χ1v) is 14.5. The monoisotopic (exact) mass is 626 g/mol. The molecular weight excluding hydrogens is 596 g/mol. The van der Waals surface area contributed by atoms with Gasteiger partial charge in [-0.05, 0) is 65.6 Å². The molecule has 1 aliphatic carbocycles. The van der Waals surface area contributed by atoms with E-state index in [0.29, 0.717) is 29.4 Å². The number of nitrogens with zero attached hydrogens (tertiary/aromatic N) is 4. The van der Waals surface area contributed by atoms with Gasteiger partial charge in [0.2, 0.25) is 5.91 Å². The zero-order valence-electron chi connectivity index (χ0n) is 24.2. The zero-order valence-corrected chi connectivity index (χ0v) is 24.2. The van der Waals surface area contributed by atoms with Crippen LogP contribution < -0.4 is 10.6 Å². The molecule has 1 fully saturated rings. The second kappa shape index (κ2) is 11.4. The molecule has 45 heavy (non-hydrogen) atoms. The third-order valence-electron chi connectivity index (χ3n) is 8.97. The second-order valence-corrected chi connectivity index (χ2v) is 11.6. The summed E-state index contributed by atoms with van der Waals surface area (Å²) in [4.78, 5) is 53.1. The summed E-state index contributed by atoms with van der Waals surface area (Å²) in [5.74, 6) is -1.46. The van der Waals surface area contributed by atoms with Crippen LogP contribution in [0, 0.1) is 5.82 Å². The van der Waals surface area contributed by atoms with Gasteiger partial charge >= 0.3 is 12.2 Å². The van der Waals surface area contributed by atoms with Crippen LogP contribution in [0.2, 0.25) is 0 Å². The van der Waals surface area contributed by atoms with Crippen LogP contribution in [0.1, 0.15) is 35.1 Å². The first kappa shape index (κ1) is 30.4. The number of aromatic nitrogens is 2. The molecule has 10 nitrogen and oxygen atoms in total.